The van der Waals surface area contributed by atoms with Crippen LogP contribution in [0.15, 0.2) is 65.5 Å². The fourth-order valence-electron chi connectivity index (χ4n) is 3.01. The molecule has 0 fully saturated rings. The normalized spacial score (nSPS) is 10.7. The number of hydrogen-bond donors (Lipinski definition) is 2. The fraction of sp³-hybridized carbons (Fsp3) is 0.136. The van der Waals surface area contributed by atoms with E-state index in [0.29, 0.717) is 17.9 Å². The highest BCUT2D eigenvalue weighted by Crippen LogP contribution is 2.28. The molecule has 0 saturated heterocycles. The predicted octanol–water partition coefficient (Wildman–Crippen LogP) is 4.09. The number of anilines is 2. The largest absolute Gasteiger partial charge is 0.497 e. The van der Waals surface area contributed by atoms with Crippen LogP contribution in [-0.4, -0.2) is 28.0 Å². The molecule has 3 N–H and O–H groups in total. The van der Waals surface area contributed by atoms with Crippen LogP contribution < -0.4 is 15.8 Å². The third-order valence-corrected chi connectivity index (χ3v) is 5.40. The number of carbonyl (C=O) groups excluding carboxylic acids is 1. The lowest BCUT2D eigenvalue weighted by Crippen LogP contribution is -2.13. The van der Waals surface area contributed by atoms with Gasteiger partial charge in [-0.25, -0.2) is 0 Å². The zero-order chi connectivity index (χ0) is 20.9. The van der Waals surface area contributed by atoms with Gasteiger partial charge in [0.15, 0.2) is 5.69 Å². The summed E-state index contributed by atoms with van der Waals surface area (Å²) in [5.74, 6) is 0.473. The van der Waals surface area contributed by atoms with E-state index < -0.39 is 0 Å². The number of nitrogen functional groups attached to an aromatic ring is 1. The maximum atomic E-state index is 12.6. The Kier molecular flexibility index (Phi) is 5.76. The standard InChI is InChI=1S/C22H21N5O2S/c1-29-18-5-2-15(3-6-18)8-10-27-13-21(25-26-27)22(28)24-20-12-16(4-7-19(20)23)17-9-11-30-14-17/h2-7,9,11-14H,8,10,23H2,1H3,(H,24,28). The third-order valence-electron chi connectivity index (χ3n) is 4.72. The maximum Gasteiger partial charge on any atom is 0.277 e. The van der Waals surface area contributed by atoms with Gasteiger partial charge in [-0.05, 0) is 64.2 Å². The first-order valence-corrected chi connectivity index (χ1v) is 10.3. The van der Waals surface area contributed by atoms with E-state index in [-0.39, 0.29) is 11.6 Å². The number of rotatable bonds is 7. The number of ether oxygens (including phenoxy) is 1. The maximum absolute atomic E-state index is 12.6. The van der Waals surface area contributed by atoms with Crippen LogP contribution in [0.3, 0.4) is 0 Å². The van der Waals surface area contributed by atoms with Gasteiger partial charge in [0.05, 0.1) is 24.7 Å². The summed E-state index contributed by atoms with van der Waals surface area (Å²) in [6.45, 7) is 0.613. The van der Waals surface area contributed by atoms with Crippen molar-refractivity contribution in [3.05, 3.63) is 76.7 Å². The summed E-state index contributed by atoms with van der Waals surface area (Å²) in [6, 6.07) is 15.5. The van der Waals surface area contributed by atoms with Crippen LogP contribution in [0.4, 0.5) is 11.4 Å². The summed E-state index contributed by atoms with van der Waals surface area (Å²) in [6.07, 6.45) is 2.40. The molecule has 4 aromatic rings. The zero-order valence-corrected chi connectivity index (χ0v) is 17.2. The molecular weight excluding hydrogens is 398 g/mol. The third kappa shape index (κ3) is 4.49. The first-order chi connectivity index (χ1) is 14.6. The number of benzene rings is 2. The SMILES string of the molecule is COc1ccc(CCn2cc(C(=O)Nc3cc(-c4ccsc4)ccc3N)nn2)cc1. The van der Waals surface area contributed by atoms with Crippen molar-refractivity contribution in [3.63, 3.8) is 0 Å². The minimum atomic E-state index is -0.347. The van der Waals surface area contributed by atoms with Crippen LogP contribution in [0.5, 0.6) is 5.75 Å². The van der Waals surface area contributed by atoms with Crippen molar-refractivity contribution in [1.82, 2.24) is 15.0 Å². The van der Waals surface area contributed by atoms with Crippen molar-refractivity contribution >= 4 is 28.6 Å². The molecule has 0 aliphatic heterocycles. The Hall–Kier alpha value is -3.65. The highest BCUT2D eigenvalue weighted by molar-refractivity contribution is 7.08. The van der Waals surface area contributed by atoms with Crippen molar-refractivity contribution in [1.29, 1.82) is 0 Å². The lowest BCUT2D eigenvalue weighted by Gasteiger charge is -2.09. The molecule has 0 aliphatic rings. The van der Waals surface area contributed by atoms with Gasteiger partial charge in [-0.2, -0.15) is 11.3 Å². The molecule has 0 spiro atoms. The minimum Gasteiger partial charge on any atom is -0.497 e. The smallest absolute Gasteiger partial charge is 0.277 e. The van der Waals surface area contributed by atoms with E-state index >= 15 is 0 Å². The van der Waals surface area contributed by atoms with Crippen LogP contribution in [0.25, 0.3) is 11.1 Å². The highest BCUT2D eigenvalue weighted by atomic mass is 32.1. The molecule has 2 aromatic heterocycles. The second-order valence-corrected chi connectivity index (χ2v) is 7.51. The monoisotopic (exact) mass is 419 g/mol. The number of aromatic nitrogens is 3. The predicted molar refractivity (Wildman–Crippen MR) is 119 cm³/mol. The van der Waals surface area contributed by atoms with Gasteiger partial charge in [0.2, 0.25) is 0 Å². The Balaban J connectivity index is 1.41. The van der Waals surface area contributed by atoms with Crippen LogP contribution >= 0.6 is 11.3 Å². The van der Waals surface area contributed by atoms with Crippen molar-refractivity contribution in [2.45, 2.75) is 13.0 Å². The first kappa shape index (κ1) is 19.7. The van der Waals surface area contributed by atoms with Gasteiger partial charge in [-0.1, -0.05) is 23.4 Å². The Morgan fingerprint density at radius 1 is 1.17 bits per heavy atom. The van der Waals surface area contributed by atoms with Gasteiger partial charge in [-0.15, -0.1) is 5.10 Å². The highest BCUT2D eigenvalue weighted by Gasteiger charge is 2.13. The number of aryl methyl sites for hydroxylation is 2. The molecular formula is C22H21N5O2S. The molecule has 0 unspecified atom stereocenters. The topological polar surface area (TPSA) is 95.1 Å². The molecule has 152 valence electrons. The van der Waals surface area contributed by atoms with Crippen molar-refractivity contribution < 1.29 is 9.53 Å². The van der Waals surface area contributed by atoms with E-state index in [0.717, 1.165) is 28.9 Å². The lowest BCUT2D eigenvalue weighted by atomic mass is 10.1. The van der Waals surface area contributed by atoms with Crippen molar-refractivity contribution in [2.24, 2.45) is 0 Å². The van der Waals surface area contributed by atoms with E-state index in [1.54, 1.807) is 35.4 Å². The fourth-order valence-corrected chi connectivity index (χ4v) is 3.67. The number of methoxy groups -OCH3 is 1. The summed E-state index contributed by atoms with van der Waals surface area (Å²) in [4.78, 5) is 12.6. The second kappa shape index (κ2) is 8.79. The first-order valence-electron chi connectivity index (χ1n) is 9.39. The molecule has 7 nitrogen and oxygen atoms in total. The summed E-state index contributed by atoms with van der Waals surface area (Å²) >= 11 is 1.62. The molecule has 30 heavy (non-hydrogen) atoms. The number of carbonyl (C=O) groups is 1. The van der Waals surface area contributed by atoms with E-state index in [1.165, 1.54) is 0 Å². The Morgan fingerprint density at radius 3 is 2.73 bits per heavy atom. The lowest BCUT2D eigenvalue weighted by molar-refractivity contribution is 0.102. The number of nitrogens with zero attached hydrogens (tertiary/aromatic N) is 3. The van der Waals surface area contributed by atoms with Gasteiger partial charge in [0.1, 0.15) is 5.75 Å². The number of amides is 1. The molecule has 0 saturated carbocycles. The van der Waals surface area contributed by atoms with E-state index in [9.17, 15) is 4.79 Å². The molecule has 8 heteroatoms. The van der Waals surface area contributed by atoms with Gasteiger partial charge < -0.3 is 15.8 Å². The van der Waals surface area contributed by atoms with Gasteiger partial charge in [0, 0.05) is 6.54 Å². The molecule has 0 aliphatic carbocycles. The van der Waals surface area contributed by atoms with Crippen LogP contribution in [0.2, 0.25) is 0 Å². The van der Waals surface area contributed by atoms with Gasteiger partial charge >= 0.3 is 0 Å². The quantitative estimate of drug-likeness (QED) is 0.440. The van der Waals surface area contributed by atoms with Gasteiger partial charge in [-0.3, -0.25) is 9.48 Å². The van der Waals surface area contributed by atoms with Crippen LogP contribution in [0, 0.1) is 0 Å². The summed E-state index contributed by atoms with van der Waals surface area (Å²) < 4.78 is 6.82. The molecule has 0 radical (unpaired) electrons. The Morgan fingerprint density at radius 2 is 2.00 bits per heavy atom. The molecule has 0 bridgehead atoms. The summed E-state index contributed by atoms with van der Waals surface area (Å²) in [5, 5.41) is 14.9. The van der Waals surface area contributed by atoms with Crippen molar-refractivity contribution in [2.75, 3.05) is 18.2 Å². The molecule has 0 atom stereocenters. The molecule has 1 amide bonds. The summed E-state index contributed by atoms with van der Waals surface area (Å²) in [7, 11) is 1.64. The number of nitrogens with one attached hydrogen (secondary N) is 1. The average molecular weight is 420 g/mol. The number of hydrogen-bond acceptors (Lipinski definition) is 6. The number of nitrogens with two attached hydrogens (primary N) is 1. The summed E-state index contributed by atoms with van der Waals surface area (Å²) in [5.41, 5.74) is 10.6. The van der Waals surface area contributed by atoms with Gasteiger partial charge in [0.25, 0.3) is 5.91 Å². The van der Waals surface area contributed by atoms with E-state index in [1.807, 2.05) is 53.2 Å². The van der Waals surface area contributed by atoms with Crippen molar-refractivity contribution in [3.8, 4) is 16.9 Å². The Labute approximate surface area is 178 Å². The molecule has 2 aromatic carbocycles. The number of thiophene rings is 1. The zero-order valence-electron chi connectivity index (χ0n) is 16.4. The van der Waals surface area contributed by atoms with Crippen LogP contribution in [-0.2, 0) is 13.0 Å². The van der Waals surface area contributed by atoms with Crippen LogP contribution in [0.1, 0.15) is 16.1 Å². The molecule has 2 heterocycles. The minimum absolute atomic E-state index is 0.241. The van der Waals surface area contributed by atoms with E-state index in [4.69, 9.17) is 10.5 Å². The Bertz CT molecular complexity index is 1140. The second-order valence-electron chi connectivity index (χ2n) is 6.73. The average Bonchev–Trinajstić information content (AvgIpc) is 3.46. The molecule has 4 rings (SSSR count). The van der Waals surface area contributed by atoms with E-state index in [2.05, 4.69) is 15.6 Å².